The molecule has 1 N–H and O–H groups in total. The summed E-state index contributed by atoms with van der Waals surface area (Å²) in [4.78, 5) is 12.0. The molecular weight excluding hydrogens is 294 g/mol. The number of benzene rings is 2. The highest BCUT2D eigenvalue weighted by Crippen LogP contribution is 2.23. The van der Waals surface area contributed by atoms with Gasteiger partial charge in [0, 0.05) is 0 Å². The second-order valence-electron chi connectivity index (χ2n) is 4.61. The van der Waals surface area contributed by atoms with E-state index in [4.69, 9.17) is 14.2 Å². The van der Waals surface area contributed by atoms with Crippen LogP contribution in [0.1, 0.15) is 0 Å². The van der Waals surface area contributed by atoms with Crippen LogP contribution in [0.15, 0.2) is 61.2 Å². The number of para-hydroxylation sites is 2. The minimum absolute atomic E-state index is 0.0951. The third-order valence-electron chi connectivity index (χ3n) is 2.95. The Balaban J connectivity index is 1.90. The molecule has 0 saturated carbocycles. The van der Waals surface area contributed by atoms with E-state index in [-0.39, 0.29) is 12.5 Å². The molecule has 0 heterocycles. The molecule has 5 heteroatoms. The quantitative estimate of drug-likeness (QED) is 0.760. The SMILES string of the molecule is C=CCOc1ccccc1NC(=O)COc1ccc(OC)cc1. The zero-order chi connectivity index (χ0) is 16.5. The summed E-state index contributed by atoms with van der Waals surface area (Å²) < 4.78 is 16.0. The van der Waals surface area contributed by atoms with Crippen LogP contribution in [-0.2, 0) is 4.79 Å². The Bertz CT molecular complexity index is 652. The molecule has 2 aromatic carbocycles. The normalized spacial score (nSPS) is 9.78. The lowest BCUT2D eigenvalue weighted by atomic mass is 10.3. The molecule has 0 spiro atoms. The maximum atomic E-state index is 12.0. The smallest absolute Gasteiger partial charge is 0.262 e. The molecule has 0 aliphatic carbocycles. The summed E-state index contributed by atoms with van der Waals surface area (Å²) in [5, 5.41) is 2.76. The molecular formula is C18H19NO4. The lowest BCUT2D eigenvalue weighted by Crippen LogP contribution is -2.20. The molecule has 0 unspecified atom stereocenters. The van der Waals surface area contributed by atoms with Gasteiger partial charge in [-0.1, -0.05) is 24.8 Å². The van der Waals surface area contributed by atoms with Crippen LogP contribution in [0.4, 0.5) is 5.69 Å². The first kappa shape index (κ1) is 16.4. The molecule has 0 aromatic heterocycles. The monoisotopic (exact) mass is 313 g/mol. The van der Waals surface area contributed by atoms with Crippen molar-refractivity contribution in [3.8, 4) is 17.2 Å². The Kier molecular flexibility index (Phi) is 6.06. The third-order valence-corrected chi connectivity index (χ3v) is 2.95. The van der Waals surface area contributed by atoms with Gasteiger partial charge in [0.2, 0.25) is 0 Å². The van der Waals surface area contributed by atoms with E-state index in [0.717, 1.165) is 5.75 Å². The van der Waals surface area contributed by atoms with Crippen LogP contribution in [0, 0.1) is 0 Å². The van der Waals surface area contributed by atoms with Crippen molar-refractivity contribution < 1.29 is 19.0 Å². The highest BCUT2D eigenvalue weighted by molar-refractivity contribution is 5.93. The molecule has 0 bridgehead atoms. The molecule has 2 rings (SSSR count). The molecule has 23 heavy (non-hydrogen) atoms. The number of rotatable bonds is 8. The van der Waals surface area contributed by atoms with Crippen LogP contribution >= 0.6 is 0 Å². The molecule has 0 atom stereocenters. The number of carbonyl (C=O) groups excluding carboxylic acids is 1. The number of nitrogens with one attached hydrogen (secondary N) is 1. The van der Waals surface area contributed by atoms with Crippen molar-refractivity contribution in [2.45, 2.75) is 0 Å². The second-order valence-corrected chi connectivity index (χ2v) is 4.61. The molecule has 5 nitrogen and oxygen atoms in total. The number of hydrogen-bond donors (Lipinski definition) is 1. The number of hydrogen-bond acceptors (Lipinski definition) is 4. The summed E-state index contributed by atoms with van der Waals surface area (Å²) in [5.41, 5.74) is 0.595. The van der Waals surface area contributed by atoms with E-state index in [9.17, 15) is 4.79 Å². The Hall–Kier alpha value is -2.95. The highest BCUT2D eigenvalue weighted by Gasteiger charge is 2.08. The van der Waals surface area contributed by atoms with Crippen molar-refractivity contribution in [3.63, 3.8) is 0 Å². The Labute approximate surface area is 135 Å². The zero-order valence-corrected chi connectivity index (χ0v) is 13.0. The van der Waals surface area contributed by atoms with E-state index >= 15 is 0 Å². The van der Waals surface area contributed by atoms with Crippen molar-refractivity contribution in [2.75, 3.05) is 25.6 Å². The van der Waals surface area contributed by atoms with E-state index in [0.29, 0.717) is 23.8 Å². The number of carbonyl (C=O) groups is 1. The zero-order valence-electron chi connectivity index (χ0n) is 13.0. The van der Waals surface area contributed by atoms with E-state index in [1.807, 2.05) is 12.1 Å². The number of methoxy groups -OCH3 is 1. The van der Waals surface area contributed by atoms with Crippen LogP contribution in [-0.4, -0.2) is 26.2 Å². The van der Waals surface area contributed by atoms with Gasteiger partial charge in [-0.05, 0) is 36.4 Å². The maximum Gasteiger partial charge on any atom is 0.262 e. The topological polar surface area (TPSA) is 56.8 Å². The molecule has 0 fully saturated rings. The third kappa shape index (κ3) is 5.07. The van der Waals surface area contributed by atoms with Crippen molar-refractivity contribution in [2.24, 2.45) is 0 Å². The van der Waals surface area contributed by atoms with Crippen molar-refractivity contribution in [1.29, 1.82) is 0 Å². The summed E-state index contributed by atoms with van der Waals surface area (Å²) in [7, 11) is 1.59. The van der Waals surface area contributed by atoms with Crippen molar-refractivity contribution in [1.82, 2.24) is 0 Å². The first-order chi connectivity index (χ1) is 11.2. The van der Waals surface area contributed by atoms with E-state index in [2.05, 4.69) is 11.9 Å². The number of ether oxygens (including phenoxy) is 3. The van der Waals surface area contributed by atoms with Crippen LogP contribution in [0.3, 0.4) is 0 Å². The summed E-state index contributed by atoms with van der Waals surface area (Å²) >= 11 is 0. The fourth-order valence-electron chi connectivity index (χ4n) is 1.85. The molecule has 0 aliphatic rings. The van der Waals surface area contributed by atoms with Crippen LogP contribution in [0.5, 0.6) is 17.2 Å². The van der Waals surface area contributed by atoms with Crippen molar-refractivity contribution in [3.05, 3.63) is 61.2 Å². The molecule has 2 aromatic rings. The van der Waals surface area contributed by atoms with E-state index in [1.54, 1.807) is 49.6 Å². The van der Waals surface area contributed by atoms with Gasteiger partial charge >= 0.3 is 0 Å². The van der Waals surface area contributed by atoms with Crippen LogP contribution in [0.25, 0.3) is 0 Å². The van der Waals surface area contributed by atoms with Gasteiger partial charge in [-0.25, -0.2) is 0 Å². The van der Waals surface area contributed by atoms with Gasteiger partial charge in [0.05, 0.1) is 12.8 Å². The van der Waals surface area contributed by atoms with Gasteiger partial charge in [0.1, 0.15) is 23.9 Å². The largest absolute Gasteiger partial charge is 0.497 e. The average molecular weight is 313 g/mol. The Morgan fingerprint density at radius 2 is 1.78 bits per heavy atom. The lowest BCUT2D eigenvalue weighted by Gasteiger charge is -2.12. The van der Waals surface area contributed by atoms with Gasteiger partial charge in [-0.2, -0.15) is 0 Å². The minimum Gasteiger partial charge on any atom is -0.497 e. The molecule has 120 valence electrons. The summed E-state index contributed by atoms with van der Waals surface area (Å²) in [6.45, 7) is 3.88. The number of amides is 1. The average Bonchev–Trinajstić information content (AvgIpc) is 2.59. The first-order valence-corrected chi connectivity index (χ1v) is 7.12. The highest BCUT2D eigenvalue weighted by atomic mass is 16.5. The van der Waals surface area contributed by atoms with Gasteiger partial charge < -0.3 is 19.5 Å². The molecule has 0 aliphatic heterocycles. The number of anilines is 1. The molecule has 0 saturated heterocycles. The van der Waals surface area contributed by atoms with Crippen LogP contribution < -0.4 is 19.5 Å². The summed E-state index contributed by atoms with van der Waals surface area (Å²) in [6.07, 6.45) is 1.64. The summed E-state index contributed by atoms with van der Waals surface area (Å²) in [5.74, 6) is 1.65. The van der Waals surface area contributed by atoms with Gasteiger partial charge in [0.15, 0.2) is 6.61 Å². The minimum atomic E-state index is -0.268. The Morgan fingerprint density at radius 1 is 1.09 bits per heavy atom. The predicted molar refractivity (Wildman–Crippen MR) is 89.3 cm³/mol. The van der Waals surface area contributed by atoms with Crippen LogP contribution in [0.2, 0.25) is 0 Å². The fourth-order valence-corrected chi connectivity index (χ4v) is 1.85. The van der Waals surface area contributed by atoms with Gasteiger partial charge in [0.25, 0.3) is 5.91 Å². The van der Waals surface area contributed by atoms with Gasteiger partial charge in [-0.3, -0.25) is 4.79 Å². The second kappa shape index (κ2) is 8.48. The van der Waals surface area contributed by atoms with Gasteiger partial charge in [-0.15, -0.1) is 0 Å². The first-order valence-electron chi connectivity index (χ1n) is 7.12. The molecule has 0 radical (unpaired) electrons. The van der Waals surface area contributed by atoms with Crippen molar-refractivity contribution >= 4 is 11.6 Å². The predicted octanol–water partition coefficient (Wildman–Crippen LogP) is 3.28. The van der Waals surface area contributed by atoms with E-state index in [1.165, 1.54) is 0 Å². The Morgan fingerprint density at radius 3 is 2.48 bits per heavy atom. The van der Waals surface area contributed by atoms with E-state index < -0.39 is 0 Å². The maximum absolute atomic E-state index is 12.0. The standard InChI is InChI=1S/C18H19NO4/c1-3-12-22-17-7-5-4-6-16(17)19-18(20)13-23-15-10-8-14(21-2)9-11-15/h3-11H,1,12-13H2,2H3,(H,19,20). The fraction of sp³-hybridized carbons (Fsp3) is 0.167. The molecule has 1 amide bonds. The lowest BCUT2D eigenvalue weighted by molar-refractivity contribution is -0.118. The summed E-state index contributed by atoms with van der Waals surface area (Å²) in [6, 6.07) is 14.2.